The highest BCUT2D eigenvalue weighted by molar-refractivity contribution is 7.15. The summed E-state index contributed by atoms with van der Waals surface area (Å²) in [6.45, 7) is 12.0. The maximum Gasteiger partial charge on any atom is 0.274 e. The zero-order valence-electron chi connectivity index (χ0n) is 50.0. The average Bonchev–Trinajstić information content (AvgIpc) is 0.868. The molecule has 5 aromatic carbocycles. The molecule has 7 heterocycles. The van der Waals surface area contributed by atoms with Crippen LogP contribution in [0.3, 0.4) is 0 Å². The summed E-state index contributed by atoms with van der Waals surface area (Å²) in [5.41, 5.74) is 6.76. The second-order valence-corrected chi connectivity index (χ2v) is 25.7. The quantitative estimate of drug-likeness (QED) is 0.0674. The van der Waals surface area contributed by atoms with E-state index in [4.69, 9.17) is 15.2 Å². The van der Waals surface area contributed by atoms with Crippen LogP contribution in [0.1, 0.15) is 115 Å². The Hall–Kier alpha value is -9.38. The monoisotopic (exact) mass is 1260 g/mol. The molecule has 2 atom stereocenters. The smallest absolute Gasteiger partial charge is 0.274 e. The zero-order valence-corrected chi connectivity index (χ0v) is 51.6. The Kier molecular flexibility index (Phi) is 17.5. The van der Waals surface area contributed by atoms with Crippen LogP contribution in [0.2, 0.25) is 0 Å². The second kappa shape index (κ2) is 25.2. The second-order valence-electron chi connectivity index (χ2n) is 23.5. The number of aromatic nitrogens is 4. The molecular weight excluding hydrogens is 1200 g/mol. The van der Waals surface area contributed by atoms with Gasteiger partial charge in [-0.3, -0.25) is 33.7 Å². The first kappa shape index (κ1) is 62.2. The summed E-state index contributed by atoms with van der Waals surface area (Å²) < 4.78 is 71.4. The fourth-order valence-electron chi connectivity index (χ4n) is 11.3. The number of thiazole rings is 2. The van der Waals surface area contributed by atoms with Crippen molar-refractivity contribution in [1.82, 2.24) is 33.8 Å². The van der Waals surface area contributed by atoms with Gasteiger partial charge in [-0.1, -0.05) is 84.9 Å². The van der Waals surface area contributed by atoms with E-state index in [-0.39, 0.29) is 103 Å². The molecule has 12 rings (SSSR count). The summed E-state index contributed by atoms with van der Waals surface area (Å²) in [4.78, 5) is 98.2. The van der Waals surface area contributed by atoms with Crippen molar-refractivity contribution in [2.24, 2.45) is 5.73 Å². The lowest BCUT2D eigenvalue weighted by Gasteiger charge is -2.46. The van der Waals surface area contributed by atoms with E-state index < -0.39 is 62.9 Å². The molecule has 16 nitrogen and oxygen atoms in total. The molecule has 0 fully saturated rings. The first-order valence-corrected chi connectivity index (χ1v) is 30.7. The third-order valence-corrected chi connectivity index (χ3v) is 18.3. The van der Waals surface area contributed by atoms with Crippen LogP contribution in [0.4, 0.5) is 17.6 Å². The molecule has 22 heteroatoms. The maximum absolute atomic E-state index is 14.5. The molecule has 0 aliphatic carbocycles. The number of halogens is 4. The fourth-order valence-corrected chi connectivity index (χ4v) is 13.2. The van der Waals surface area contributed by atoms with Gasteiger partial charge < -0.3 is 34.1 Å². The van der Waals surface area contributed by atoms with Crippen LogP contribution in [0.15, 0.2) is 156 Å². The van der Waals surface area contributed by atoms with Gasteiger partial charge in [0.15, 0.2) is 22.9 Å². The van der Waals surface area contributed by atoms with Crippen molar-refractivity contribution in [3.05, 3.63) is 244 Å². The molecular formula is C68H62F4N8O8S2. The van der Waals surface area contributed by atoms with Crippen molar-refractivity contribution in [1.29, 1.82) is 0 Å². The molecule has 0 bridgehead atoms. The molecule has 0 saturated heterocycles. The van der Waals surface area contributed by atoms with Crippen molar-refractivity contribution >= 4 is 46.3 Å². The zero-order chi connectivity index (χ0) is 63.9. The summed E-state index contributed by atoms with van der Waals surface area (Å²) in [5, 5.41) is 0.703. The number of rotatable bonds is 17. The van der Waals surface area contributed by atoms with Crippen LogP contribution in [0.25, 0.3) is 21.1 Å². The van der Waals surface area contributed by atoms with Crippen LogP contribution in [-0.2, 0) is 37.1 Å². The lowest BCUT2D eigenvalue weighted by Crippen LogP contribution is -2.59. The summed E-state index contributed by atoms with van der Waals surface area (Å²) in [5.74, 6) is -4.54. The highest BCUT2D eigenvalue weighted by atomic mass is 32.1. The Labute approximate surface area is 523 Å². The Morgan fingerprint density at radius 1 is 0.533 bits per heavy atom. The van der Waals surface area contributed by atoms with E-state index in [9.17, 15) is 46.3 Å². The minimum absolute atomic E-state index is 0.00102. The van der Waals surface area contributed by atoms with Gasteiger partial charge in [0, 0.05) is 91.2 Å². The number of carbonyl (C=O) groups excluding carboxylic acids is 4. The number of pyridine rings is 2. The lowest BCUT2D eigenvalue weighted by atomic mass is 9.93. The third-order valence-electron chi connectivity index (χ3n) is 16.3. The molecule has 3 aliphatic heterocycles. The number of ether oxygens (including phenoxy) is 2. The Morgan fingerprint density at radius 2 is 0.933 bits per heavy atom. The summed E-state index contributed by atoms with van der Waals surface area (Å²) in [6, 6.07) is 31.6. The topological polar surface area (TPSA) is 192 Å². The Balaban J connectivity index is 0.000000190. The highest BCUT2D eigenvalue weighted by Crippen LogP contribution is 2.39. The van der Waals surface area contributed by atoms with Gasteiger partial charge in [0.1, 0.15) is 46.5 Å². The van der Waals surface area contributed by atoms with Crippen molar-refractivity contribution in [3.8, 4) is 32.6 Å². The Morgan fingerprint density at radius 3 is 1.33 bits per heavy atom. The van der Waals surface area contributed by atoms with Crippen molar-refractivity contribution in [2.75, 3.05) is 26.2 Å². The first-order chi connectivity index (χ1) is 43.1. The largest absolute Gasteiger partial charge is 0.483 e. The number of benzene rings is 5. The number of hydrogen-bond donors (Lipinski definition) is 1. The van der Waals surface area contributed by atoms with Gasteiger partial charge >= 0.3 is 0 Å². The summed E-state index contributed by atoms with van der Waals surface area (Å²) in [7, 11) is 0. The predicted molar refractivity (Wildman–Crippen MR) is 334 cm³/mol. The Bertz CT molecular complexity index is 4370. The van der Waals surface area contributed by atoms with E-state index in [2.05, 4.69) is 9.97 Å². The van der Waals surface area contributed by atoms with E-state index in [1.807, 2.05) is 102 Å². The average molecular weight is 1260 g/mol. The van der Waals surface area contributed by atoms with Crippen molar-refractivity contribution in [2.45, 2.75) is 90.8 Å². The van der Waals surface area contributed by atoms with Gasteiger partial charge in [0.25, 0.3) is 23.6 Å². The van der Waals surface area contributed by atoms with Crippen LogP contribution in [-0.4, -0.2) is 95.7 Å². The van der Waals surface area contributed by atoms with Crippen LogP contribution < -0.4 is 26.1 Å². The van der Waals surface area contributed by atoms with Gasteiger partial charge in [0.2, 0.25) is 10.9 Å². The molecule has 462 valence electrons. The van der Waals surface area contributed by atoms with Crippen molar-refractivity contribution in [3.63, 3.8) is 0 Å². The maximum atomic E-state index is 14.5. The van der Waals surface area contributed by atoms with E-state index in [1.54, 1.807) is 61.8 Å². The van der Waals surface area contributed by atoms with E-state index in [0.717, 1.165) is 34.6 Å². The molecule has 90 heavy (non-hydrogen) atoms. The number of nitrogens with two attached hydrogens (primary N) is 1. The number of carbonyl (C=O) groups is 4. The van der Waals surface area contributed by atoms with Gasteiger partial charge in [0.05, 0.1) is 39.9 Å². The van der Waals surface area contributed by atoms with Gasteiger partial charge in [-0.2, -0.15) is 0 Å². The van der Waals surface area contributed by atoms with Gasteiger partial charge in [-0.15, -0.1) is 22.7 Å². The standard InChI is InChI=1S/C38H32F2N4O5S.C30H30F2N4O3S/c1-22(2)42-20-38(3,21-43-35(46)27-11-7-8-12-28(27)36(43)47)44-18-29(34-41-17-26(50-34)15-24-13-14-25(39)16-30(24)40)32(45)33(31(44)37(42)48)49-19-23-9-5-4-6-10-23;1-18(2)35-17-30(3,16-33)36-14-23(28-34-13-22(40-28)11-20-9-10-21(31)12-24(20)32)26(37)27(25(36)29(35)38)39-15-19-7-5-4-6-8-19/h4-14,16-18,22H,15,19-21H2,1-3H3;4-10,12-14,18H,11,15-17,33H2,1-3H3. The lowest BCUT2D eigenvalue weighted by molar-refractivity contribution is 0.0371. The summed E-state index contributed by atoms with van der Waals surface area (Å²) >= 11 is 2.39. The number of amides is 4. The van der Waals surface area contributed by atoms with Gasteiger partial charge in [-0.05, 0) is 88.1 Å². The molecule has 0 spiro atoms. The molecule has 4 aromatic heterocycles. The normalized spacial score (nSPS) is 17.0. The molecule has 4 amide bonds. The van der Waals surface area contributed by atoms with Crippen molar-refractivity contribution < 1.29 is 46.2 Å². The molecule has 0 saturated carbocycles. The predicted octanol–water partition coefficient (Wildman–Crippen LogP) is 11.3. The number of fused-ring (bicyclic) bond motifs is 3. The molecule has 2 unspecified atom stereocenters. The minimum Gasteiger partial charge on any atom is -0.483 e. The van der Waals surface area contributed by atoms with E-state index >= 15 is 0 Å². The van der Waals surface area contributed by atoms with Crippen LogP contribution in [0.5, 0.6) is 11.5 Å². The van der Waals surface area contributed by atoms with E-state index in [0.29, 0.717) is 43.0 Å². The van der Waals surface area contributed by atoms with Crippen LogP contribution >= 0.6 is 22.7 Å². The van der Waals surface area contributed by atoms with E-state index in [1.165, 1.54) is 46.7 Å². The highest BCUT2D eigenvalue weighted by Gasteiger charge is 2.48. The SMILES string of the molecule is CC(C)N1CC(C)(CN)n2cc(-c3ncc(Cc4ccc(F)cc4F)s3)c(=O)c(OCc3ccccc3)c2C1=O.CC(C)N1CC(C)(CN2C(=O)c3ccccc3C2=O)n2cc(-c3ncc(Cc4ccc(F)cc4F)s3)c(=O)c(OCc3ccccc3)c2C1=O. The number of hydrogen-bond acceptors (Lipinski definition) is 13. The molecule has 0 radical (unpaired) electrons. The molecule has 9 aromatic rings. The number of imide groups is 1. The first-order valence-electron chi connectivity index (χ1n) is 29.0. The minimum atomic E-state index is -1.11. The summed E-state index contributed by atoms with van der Waals surface area (Å²) in [6.07, 6.45) is 6.59. The molecule has 2 N–H and O–H groups in total. The van der Waals surface area contributed by atoms with Crippen LogP contribution in [0, 0.1) is 23.3 Å². The number of nitrogens with zero attached hydrogens (tertiary/aromatic N) is 7. The van der Waals surface area contributed by atoms with Gasteiger partial charge in [-0.25, -0.2) is 27.5 Å². The third kappa shape index (κ3) is 12.1. The molecule has 3 aliphatic rings. The fraction of sp³-hybridized carbons (Fsp3) is 0.265.